The van der Waals surface area contributed by atoms with Gasteiger partial charge < -0.3 is 5.32 Å². The van der Waals surface area contributed by atoms with Crippen molar-refractivity contribution in [2.75, 3.05) is 10.6 Å². The normalized spacial score (nSPS) is 12.5. The Kier molecular flexibility index (Phi) is 4.12. The van der Waals surface area contributed by atoms with Crippen LogP contribution < -0.4 is 10.6 Å². The van der Waals surface area contributed by atoms with Gasteiger partial charge in [-0.15, -0.1) is 0 Å². The van der Waals surface area contributed by atoms with E-state index in [-0.39, 0.29) is 6.03 Å². The van der Waals surface area contributed by atoms with E-state index < -0.39 is 0 Å². The van der Waals surface area contributed by atoms with Crippen LogP contribution >= 0.6 is 0 Å². The van der Waals surface area contributed by atoms with Gasteiger partial charge in [-0.3, -0.25) is 10.3 Å². The van der Waals surface area contributed by atoms with Crippen LogP contribution in [0.3, 0.4) is 0 Å². The average molecular weight is 330 g/mol. The first-order valence-electron chi connectivity index (χ1n) is 8.35. The largest absolute Gasteiger partial charge is 0.324 e. The molecule has 0 spiro atoms. The molecule has 5 nitrogen and oxygen atoms in total. The number of nitrogens with one attached hydrogen (secondary N) is 2. The summed E-state index contributed by atoms with van der Waals surface area (Å²) in [4.78, 5) is 20.7. The molecule has 2 aromatic heterocycles. The van der Waals surface area contributed by atoms with Gasteiger partial charge in [0.05, 0.1) is 5.69 Å². The molecule has 0 bridgehead atoms. The molecule has 2 amide bonds. The van der Waals surface area contributed by atoms with Crippen molar-refractivity contribution in [3.8, 4) is 11.3 Å². The standard InChI is InChI=1S/C20H18N4O/c25-20(22-17-8-7-14-3-1-4-16(14)13-17)24-19-6-2-5-18(23-19)15-9-11-21-12-10-15/h2,5-13H,1,3-4H2,(H2,22,23,24,25). The van der Waals surface area contributed by atoms with Gasteiger partial charge in [-0.25, -0.2) is 9.78 Å². The number of carbonyl (C=O) groups is 1. The zero-order valence-corrected chi connectivity index (χ0v) is 13.7. The number of rotatable bonds is 3. The highest BCUT2D eigenvalue weighted by Gasteiger charge is 2.12. The van der Waals surface area contributed by atoms with Crippen LogP contribution in [-0.4, -0.2) is 16.0 Å². The number of carbonyl (C=O) groups excluding carboxylic acids is 1. The maximum Gasteiger partial charge on any atom is 0.324 e. The summed E-state index contributed by atoms with van der Waals surface area (Å²) in [5.74, 6) is 0.507. The van der Waals surface area contributed by atoms with Gasteiger partial charge in [0.2, 0.25) is 0 Å². The Balaban J connectivity index is 1.46. The summed E-state index contributed by atoms with van der Waals surface area (Å²) >= 11 is 0. The van der Waals surface area contributed by atoms with Crippen molar-refractivity contribution < 1.29 is 4.79 Å². The minimum absolute atomic E-state index is 0.294. The number of fused-ring (bicyclic) bond motifs is 1. The first kappa shape index (κ1) is 15.3. The lowest BCUT2D eigenvalue weighted by Crippen LogP contribution is -2.20. The van der Waals surface area contributed by atoms with Crippen molar-refractivity contribution in [3.05, 3.63) is 72.1 Å². The number of hydrogen-bond donors (Lipinski definition) is 2. The summed E-state index contributed by atoms with van der Waals surface area (Å²) in [6, 6.07) is 15.1. The monoisotopic (exact) mass is 330 g/mol. The number of amides is 2. The Morgan fingerprint density at radius 3 is 2.64 bits per heavy atom. The van der Waals surface area contributed by atoms with E-state index in [2.05, 4.69) is 32.7 Å². The van der Waals surface area contributed by atoms with Crippen molar-refractivity contribution in [3.63, 3.8) is 0 Å². The van der Waals surface area contributed by atoms with Crippen LogP contribution in [0, 0.1) is 0 Å². The summed E-state index contributed by atoms with van der Waals surface area (Å²) in [5, 5.41) is 5.67. The Morgan fingerprint density at radius 1 is 0.920 bits per heavy atom. The topological polar surface area (TPSA) is 66.9 Å². The summed E-state index contributed by atoms with van der Waals surface area (Å²) in [5.41, 5.74) is 5.27. The fourth-order valence-electron chi connectivity index (χ4n) is 3.12. The SMILES string of the molecule is O=C(Nc1ccc2c(c1)CCC2)Nc1cccc(-c2ccncc2)n1. The van der Waals surface area contributed by atoms with Crippen LogP contribution in [0.5, 0.6) is 0 Å². The van der Waals surface area contributed by atoms with Crippen molar-refractivity contribution in [1.82, 2.24) is 9.97 Å². The first-order chi connectivity index (χ1) is 12.3. The van der Waals surface area contributed by atoms with Gasteiger partial charge in [0.1, 0.15) is 5.82 Å². The van der Waals surface area contributed by atoms with Crippen molar-refractivity contribution in [2.24, 2.45) is 0 Å². The number of aromatic nitrogens is 2. The third-order valence-electron chi connectivity index (χ3n) is 4.32. The van der Waals surface area contributed by atoms with E-state index in [0.717, 1.165) is 29.8 Å². The highest BCUT2D eigenvalue weighted by molar-refractivity contribution is 5.99. The van der Waals surface area contributed by atoms with Gasteiger partial charge >= 0.3 is 6.03 Å². The van der Waals surface area contributed by atoms with E-state index in [4.69, 9.17) is 0 Å². The van der Waals surface area contributed by atoms with E-state index in [1.54, 1.807) is 18.5 Å². The minimum Gasteiger partial charge on any atom is -0.308 e. The molecule has 4 rings (SSSR count). The predicted octanol–water partition coefficient (Wildman–Crippen LogP) is 4.28. The molecule has 1 aliphatic rings. The number of hydrogen-bond acceptors (Lipinski definition) is 3. The summed E-state index contributed by atoms with van der Waals surface area (Å²) < 4.78 is 0. The van der Waals surface area contributed by atoms with Crippen LogP contribution in [0.15, 0.2) is 60.9 Å². The van der Waals surface area contributed by atoms with Crippen molar-refractivity contribution >= 4 is 17.5 Å². The third kappa shape index (κ3) is 3.50. The van der Waals surface area contributed by atoms with Gasteiger partial charge in [0, 0.05) is 23.6 Å². The molecule has 3 aromatic rings. The minimum atomic E-state index is -0.294. The van der Waals surface area contributed by atoms with Gasteiger partial charge in [-0.2, -0.15) is 0 Å². The lowest BCUT2D eigenvalue weighted by atomic mass is 10.1. The third-order valence-corrected chi connectivity index (χ3v) is 4.32. The number of pyridine rings is 2. The lowest BCUT2D eigenvalue weighted by molar-refractivity contribution is 0.262. The van der Waals surface area contributed by atoms with E-state index in [9.17, 15) is 4.79 Å². The quantitative estimate of drug-likeness (QED) is 0.753. The molecule has 2 N–H and O–H groups in total. The molecular weight excluding hydrogens is 312 g/mol. The van der Waals surface area contributed by atoms with E-state index in [1.165, 1.54) is 17.5 Å². The molecule has 5 heteroatoms. The van der Waals surface area contributed by atoms with Crippen LogP contribution in [0.4, 0.5) is 16.3 Å². The molecule has 0 unspecified atom stereocenters. The van der Waals surface area contributed by atoms with Gasteiger partial charge in [0.25, 0.3) is 0 Å². The Hall–Kier alpha value is -3.21. The molecular formula is C20H18N4O. The maximum atomic E-state index is 12.3. The summed E-state index contributed by atoms with van der Waals surface area (Å²) in [6.07, 6.45) is 6.85. The van der Waals surface area contributed by atoms with Crippen LogP contribution in [0.25, 0.3) is 11.3 Å². The Morgan fingerprint density at radius 2 is 1.76 bits per heavy atom. The first-order valence-corrected chi connectivity index (χ1v) is 8.35. The van der Waals surface area contributed by atoms with Gasteiger partial charge in [0.15, 0.2) is 0 Å². The molecule has 25 heavy (non-hydrogen) atoms. The molecule has 1 aromatic carbocycles. The van der Waals surface area contributed by atoms with Crippen molar-refractivity contribution in [1.29, 1.82) is 0 Å². The van der Waals surface area contributed by atoms with Gasteiger partial charge in [-0.1, -0.05) is 12.1 Å². The molecule has 0 fully saturated rings. The fourth-order valence-corrected chi connectivity index (χ4v) is 3.12. The molecule has 0 aliphatic heterocycles. The molecule has 124 valence electrons. The number of nitrogens with zero attached hydrogens (tertiary/aromatic N) is 2. The molecule has 0 saturated carbocycles. The number of urea groups is 1. The molecule has 0 atom stereocenters. The van der Waals surface area contributed by atoms with Gasteiger partial charge in [-0.05, 0) is 66.8 Å². The smallest absolute Gasteiger partial charge is 0.308 e. The highest BCUT2D eigenvalue weighted by Crippen LogP contribution is 2.25. The highest BCUT2D eigenvalue weighted by atomic mass is 16.2. The zero-order valence-electron chi connectivity index (χ0n) is 13.7. The number of aryl methyl sites for hydroxylation is 2. The average Bonchev–Trinajstić information content (AvgIpc) is 3.10. The second kappa shape index (κ2) is 6.73. The molecule has 2 heterocycles. The molecule has 0 saturated heterocycles. The number of anilines is 2. The molecule has 1 aliphatic carbocycles. The van der Waals surface area contributed by atoms with Crippen molar-refractivity contribution in [2.45, 2.75) is 19.3 Å². The predicted molar refractivity (Wildman–Crippen MR) is 98.6 cm³/mol. The second-order valence-corrected chi connectivity index (χ2v) is 6.06. The summed E-state index contributed by atoms with van der Waals surface area (Å²) in [6.45, 7) is 0. The number of benzene rings is 1. The van der Waals surface area contributed by atoms with Crippen LogP contribution in [-0.2, 0) is 12.8 Å². The lowest BCUT2D eigenvalue weighted by Gasteiger charge is -2.09. The van der Waals surface area contributed by atoms with E-state index in [0.29, 0.717) is 5.82 Å². The Labute approximate surface area is 146 Å². The van der Waals surface area contributed by atoms with Crippen LogP contribution in [0.1, 0.15) is 17.5 Å². The zero-order chi connectivity index (χ0) is 17.1. The Bertz CT molecular complexity index is 909. The van der Waals surface area contributed by atoms with E-state index >= 15 is 0 Å². The summed E-state index contributed by atoms with van der Waals surface area (Å²) in [7, 11) is 0. The maximum absolute atomic E-state index is 12.3. The fraction of sp³-hybridized carbons (Fsp3) is 0.150. The van der Waals surface area contributed by atoms with Crippen LogP contribution in [0.2, 0.25) is 0 Å². The second-order valence-electron chi connectivity index (χ2n) is 6.06. The van der Waals surface area contributed by atoms with E-state index in [1.807, 2.05) is 30.3 Å². The molecule has 0 radical (unpaired) electrons.